The van der Waals surface area contributed by atoms with Gasteiger partial charge in [-0.25, -0.2) is 8.42 Å². The number of likely N-dealkylation sites (N-methyl/N-ethyl adjacent to an activating group) is 1. The Hall–Kier alpha value is -1.12. The Labute approximate surface area is 109 Å². The first-order valence-corrected chi connectivity index (χ1v) is 7.03. The van der Waals surface area contributed by atoms with Crippen molar-refractivity contribution in [2.24, 2.45) is 0 Å². The van der Waals surface area contributed by atoms with Gasteiger partial charge in [0.2, 0.25) is 10.0 Å². The van der Waals surface area contributed by atoms with Gasteiger partial charge in [-0.05, 0) is 24.3 Å². The van der Waals surface area contributed by atoms with Crippen LogP contribution in [0.4, 0.5) is 13.2 Å². The molecule has 0 radical (unpaired) electrons. The highest BCUT2D eigenvalue weighted by Gasteiger charge is 2.33. The zero-order chi connectivity index (χ0) is 14.3. The Morgan fingerprint density at radius 1 is 1.21 bits per heavy atom. The number of sulfonamides is 1. The molecule has 1 N–H and O–H groups in total. The van der Waals surface area contributed by atoms with Crippen molar-refractivity contribution in [1.29, 1.82) is 0 Å². The summed E-state index contributed by atoms with van der Waals surface area (Å²) < 4.78 is 62.7. The molecule has 1 aromatic carbocycles. The fourth-order valence-electron chi connectivity index (χ4n) is 1.71. The fourth-order valence-corrected chi connectivity index (χ4v) is 3.06. The van der Waals surface area contributed by atoms with Crippen molar-refractivity contribution in [3.05, 3.63) is 29.8 Å². The van der Waals surface area contributed by atoms with Crippen molar-refractivity contribution in [1.82, 2.24) is 9.62 Å². The van der Waals surface area contributed by atoms with Crippen LogP contribution in [0, 0.1) is 0 Å². The lowest BCUT2D eigenvalue weighted by Gasteiger charge is -2.34. The second kappa shape index (κ2) is 4.77. The van der Waals surface area contributed by atoms with Crippen molar-refractivity contribution in [2.45, 2.75) is 17.1 Å². The van der Waals surface area contributed by atoms with Gasteiger partial charge in [-0.15, -0.1) is 0 Å². The van der Waals surface area contributed by atoms with E-state index in [0.717, 1.165) is 24.3 Å². The monoisotopic (exact) mass is 294 g/mol. The number of nitrogens with zero attached hydrogens (tertiary/aromatic N) is 1. The summed E-state index contributed by atoms with van der Waals surface area (Å²) in [6, 6.07) is 3.38. The van der Waals surface area contributed by atoms with Gasteiger partial charge < -0.3 is 5.32 Å². The standard InChI is InChI=1S/C11H13F3N2O2S/c1-16(9-6-15-7-9)19(17,18)10-4-2-8(3-5-10)11(12,13)14/h2-5,9,15H,6-7H2,1H3. The largest absolute Gasteiger partial charge is 0.416 e. The van der Waals surface area contributed by atoms with E-state index in [1.165, 1.54) is 11.4 Å². The molecule has 1 aliphatic heterocycles. The van der Waals surface area contributed by atoms with Crippen molar-refractivity contribution in [3.8, 4) is 0 Å². The molecule has 0 saturated carbocycles. The van der Waals surface area contributed by atoms with Crippen LogP contribution in [0.3, 0.4) is 0 Å². The molecule has 1 fully saturated rings. The minimum absolute atomic E-state index is 0.130. The maximum absolute atomic E-state index is 12.4. The SMILES string of the molecule is CN(C1CNC1)S(=O)(=O)c1ccc(C(F)(F)F)cc1. The molecular weight excluding hydrogens is 281 g/mol. The van der Waals surface area contributed by atoms with Gasteiger partial charge in [-0.3, -0.25) is 0 Å². The lowest BCUT2D eigenvalue weighted by atomic mass is 10.2. The van der Waals surface area contributed by atoms with Crippen molar-refractivity contribution in [2.75, 3.05) is 20.1 Å². The zero-order valence-corrected chi connectivity index (χ0v) is 10.9. The molecule has 1 aliphatic rings. The second-order valence-corrected chi connectivity index (χ2v) is 6.35. The summed E-state index contributed by atoms with van der Waals surface area (Å²) in [5.74, 6) is 0. The molecule has 0 bridgehead atoms. The molecule has 0 aromatic heterocycles. The predicted molar refractivity (Wildman–Crippen MR) is 63.1 cm³/mol. The lowest BCUT2D eigenvalue weighted by molar-refractivity contribution is -0.137. The molecule has 0 spiro atoms. The summed E-state index contributed by atoms with van der Waals surface area (Å²) in [5, 5.41) is 2.94. The lowest BCUT2D eigenvalue weighted by Crippen LogP contribution is -2.57. The van der Waals surface area contributed by atoms with Crippen LogP contribution < -0.4 is 5.32 Å². The summed E-state index contributed by atoms with van der Waals surface area (Å²) in [4.78, 5) is -0.130. The summed E-state index contributed by atoms with van der Waals surface area (Å²) >= 11 is 0. The minimum atomic E-state index is -4.47. The number of rotatable bonds is 3. The van der Waals surface area contributed by atoms with Crippen LogP contribution in [-0.4, -0.2) is 38.9 Å². The molecule has 1 aromatic rings. The Morgan fingerprint density at radius 3 is 2.11 bits per heavy atom. The Morgan fingerprint density at radius 2 is 1.74 bits per heavy atom. The van der Waals surface area contributed by atoms with Crippen molar-refractivity contribution >= 4 is 10.0 Å². The molecule has 106 valence electrons. The number of halogens is 3. The molecule has 0 unspecified atom stereocenters. The molecule has 1 heterocycles. The van der Waals surface area contributed by atoms with Gasteiger partial charge in [0, 0.05) is 26.2 Å². The van der Waals surface area contributed by atoms with Gasteiger partial charge in [0.15, 0.2) is 0 Å². The Bertz CT molecular complexity index is 550. The maximum atomic E-state index is 12.4. The molecule has 0 atom stereocenters. The van der Waals surface area contributed by atoms with Crippen LogP contribution in [0.5, 0.6) is 0 Å². The van der Waals surface area contributed by atoms with Crippen LogP contribution >= 0.6 is 0 Å². The number of nitrogens with one attached hydrogen (secondary N) is 1. The molecule has 0 amide bonds. The molecule has 4 nitrogen and oxygen atoms in total. The van der Waals surface area contributed by atoms with Crippen LogP contribution in [0.25, 0.3) is 0 Å². The van der Waals surface area contributed by atoms with Gasteiger partial charge >= 0.3 is 6.18 Å². The topological polar surface area (TPSA) is 49.4 Å². The number of hydrogen-bond acceptors (Lipinski definition) is 3. The first kappa shape index (κ1) is 14.3. The van der Waals surface area contributed by atoms with Crippen LogP contribution in [0.15, 0.2) is 29.2 Å². The highest BCUT2D eigenvalue weighted by molar-refractivity contribution is 7.89. The van der Waals surface area contributed by atoms with E-state index in [1.54, 1.807) is 0 Å². The second-order valence-electron chi connectivity index (χ2n) is 4.36. The molecule has 8 heteroatoms. The van der Waals surface area contributed by atoms with Crippen LogP contribution in [0.2, 0.25) is 0 Å². The first-order chi connectivity index (χ1) is 8.73. The zero-order valence-electron chi connectivity index (χ0n) is 10.1. The Balaban J connectivity index is 2.26. The fraction of sp³-hybridized carbons (Fsp3) is 0.455. The quantitative estimate of drug-likeness (QED) is 0.914. The highest BCUT2D eigenvalue weighted by Crippen LogP contribution is 2.30. The Kier molecular flexibility index (Phi) is 3.59. The van der Waals surface area contributed by atoms with Gasteiger partial charge in [-0.2, -0.15) is 17.5 Å². The van der Waals surface area contributed by atoms with Gasteiger partial charge in [-0.1, -0.05) is 0 Å². The van der Waals surface area contributed by atoms with Gasteiger partial charge in [0.1, 0.15) is 0 Å². The third-order valence-corrected chi connectivity index (χ3v) is 5.06. The van der Waals surface area contributed by atoms with E-state index in [1.807, 2.05) is 0 Å². The average Bonchev–Trinajstić information content (AvgIpc) is 2.25. The van der Waals surface area contributed by atoms with Crippen molar-refractivity contribution < 1.29 is 21.6 Å². The van der Waals surface area contributed by atoms with E-state index < -0.39 is 21.8 Å². The molecular formula is C11H13F3N2O2S. The van der Waals surface area contributed by atoms with Crippen LogP contribution in [-0.2, 0) is 16.2 Å². The third kappa shape index (κ3) is 2.75. The van der Waals surface area contributed by atoms with E-state index in [0.29, 0.717) is 13.1 Å². The van der Waals surface area contributed by atoms with Gasteiger partial charge in [0.25, 0.3) is 0 Å². The van der Waals surface area contributed by atoms with E-state index in [2.05, 4.69) is 5.32 Å². The summed E-state index contributed by atoms with van der Waals surface area (Å²) in [7, 11) is -2.31. The van der Waals surface area contributed by atoms with E-state index in [4.69, 9.17) is 0 Å². The average molecular weight is 294 g/mol. The van der Waals surface area contributed by atoms with Crippen LogP contribution in [0.1, 0.15) is 5.56 Å². The number of benzene rings is 1. The summed E-state index contributed by atoms with van der Waals surface area (Å²) in [5.41, 5.74) is -0.862. The third-order valence-electron chi connectivity index (χ3n) is 3.13. The highest BCUT2D eigenvalue weighted by atomic mass is 32.2. The van der Waals surface area contributed by atoms with Gasteiger partial charge in [0.05, 0.1) is 10.5 Å². The van der Waals surface area contributed by atoms with Crippen molar-refractivity contribution in [3.63, 3.8) is 0 Å². The first-order valence-electron chi connectivity index (χ1n) is 5.59. The van der Waals surface area contributed by atoms with E-state index in [9.17, 15) is 21.6 Å². The minimum Gasteiger partial charge on any atom is -0.313 e. The number of alkyl halides is 3. The van der Waals surface area contributed by atoms with E-state index >= 15 is 0 Å². The maximum Gasteiger partial charge on any atom is 0.416 e. The molecule has 1 saturated heterocycles. The smallest absolute Gasteiger partial charge is 0.313 e. The van der Waals surface area contributed by atoms with E-state index in [-0.39, 0.29) is 10.9 Å². The normalized spacial score (nSPS) is 17.5. The summed E-state index contributed by atoms with van der Waals surface area (Å²) in [6.45, 7) is 1.10. The molecule has 0 aliphatic carbocycles. The molecule has 2 rings (SSSR count). The predicted octanol–water partition coefficient (Wildman–Crippen LogP) is 1.30. The molecule has 19 heavy (non-hydrogen) atoms. The summed E-state index contributed by atoms with van der Waals surface area (Å²) in [6.07, 6.45) is -4.47. The number of hydrogen-bond donors (Lipinski definition) is 1.